The van der Waals surface area contributed by atoms with Crippen LogP contribution in [-0.4, -0.2) is 14.8 Å². The predicted octanol–water partition coefficient (Wildman–Crippen LogP) is 3.58. The number of thiazole rings is 1. The second-order valence-corrected chi connectivity index (χ2v) is 5.91. The van der Waals surface area contributed by atoms with Crippen LogP contribution in [0.3, 0.4) is 0 Å². The molecule has 1 aliphatic carbocycles. The third-order valence-corrected chi connectivity index (χ3v) is 3.99. The lowest BCUT2D eigenvalue weighted by Crippen LogP contribution is -1.94. The molecule has 2 aromatic heterocycles. The van der Waals surface area contributed by atoms with Crippen LogP contribution < -0.4 is 0 Å². The van der Waals surface area contributed by atoms with E-state index in [1.54, 1.807) is 6.20 Å². The fraction of sp³-hybridized carbons (Fsp3) is 0.333. The van der Waals surface area contributed by atoms with Crippen LogP contribution >= 0.6 is 22.9 Å². The Hall–Kier alpha value is -1.13. The highest BCUT2D eigenvalue weighted by molar-refractivity contribution is 7.16. The Bertz CT molecular complexity index is 566. The molecule has 1 aliphatic rings. The van der Waals surface area contributed by atoms with Crippen LogP contribution in [-0.2, 0) is 7.05 Å². The summed E-state index contributed by atoms with van der Waals surface area (Å²) in [6, 6.07) is 0. The van der Waals surface area contributed by atoms with Crippen LogP contribution in [0.25, 0.3) is 12.2 Å². The number of aryl methyl sites for hydroxylation is 1. The Morgan fingerprint density at radius 1 is 1.41 bits per heavy atom. The summed E-state index contributed by atoms with van der Waals surface area (Å²) in [5, 5.41) is 5.25. The lowest BCUT2D eigenvalue weighted by atomic mass is 10.1. The first-order chi connectivity index (χ1) is 8.24. The summed E-state index contributed by atoms with van der Waals surface area (Å²) in [6.07, 6.45) is 10.3. The van der Waals surface area contributed by atoms with Gasteiger partial charge in [-0.3, -0.25) is 4.68 Å². The summed E-state index contributed by atoms with van der Waals surface area (Å²) in [6.45, 7) is 0. The van der Waals surface area contributed by atoms with Crippen LogP contribution in [0, 0.1) is 0 Å². The average Bonchev–Trinajstić information content (AvgIpc) is 2.97. The minimum Gasteiger partial charge on any atom is -0.268 e. The third kappa shape index (κ3) is 2.28. The molecule has 0 unspecified atom stereocenters. The van der Waals surface area contributed by atoms with Gasteiger partial charge in [-0.1, -0.05) is 11.6 Å². The molecule has 0 atom stereocenters. The normalized spacial score (nSPS) is 15.9. The minimum atomic E-state index is 0.711. The molecule has 1 fully saturated rings. The summed E-state index contributed by atoms with van der Waals surface area (Å²) in [5.41, 5.74) is 2.53. The zero-order valence-electron chi connectivity index (χ0n) is 9.43. The number of hydrogen-bond acceptors (Lipinski definition) is 3. The number of hydrogen-bond donors (Lipinski definition) is 0. The molecule has 5 heteroatoms. The maximum Gasteiger partial charge on any atom is 0.117 e. The van der Waals surface area contributed by atoms with Crippen molar-refractivity contribution < 1.29 is 0 Å². The summed E-state index contributed by atoms with van der Waals surface area (Å²) < 4.78 is 2.64. The molecule has 0 aromatic carbocycles. The molecule has 17 heavy (non-hydrogen) atoms. The maximum absolute atomic E-state index is 5.85. The molecule has 2 aromatic rings. The van der Waals surface area contributed by atoms with Crippen LogP contribution in [0.1, 0.15) is 35.0 Å². The van der Waals surface area contributed by atoms with E-state index in [9.17, 15) is 0 Å². The lowest BCUT2D eigenvalue weighted by molar-refractivity contribution is 0.758. The molecular formula is C12H12ClN3S. The fourth-order valence-corrected chi connectivity index (χ4v) is 2.70. The molecule has 1 saturated carbocycles. The first-order valence-corrected chi connectivity index (χ1v) is 6.75. The molecular weight excluding hydrogens is 254 g/mol. The van der Waals surface area contributed by atoms with Crippen molar-refractivity contribution in [2.24, 2.45) is 7.05 Å². The Morgan fingerprint density at radius 2 is 2.24 bits per heavy atom. The van der Waals surface area contributed by atoms with Crippen molar-refractivity contribution in [2.75, 3.05) is 0 Å². The molecule has 2 heterocycles. The fourth-order valence-electron chi connectivity index (χ4n) is 1.87. The standard InChI is InChI=1S/C12H12ClN3S/c1-16-10(9(6-15-16)8-2-3-8)4-5-12-14-7-11(13)17-12/h4-8H,2-3H2,1H3. The van der Waals surface area contributed by atoms with E-state index in [4.69, 9.17) is 11.6 Å². The van der Waals surface area contributed by atoms with Crippen molar-refractivity contribution in [2.45, 2.75) is 18.8 Å². The van der Waals surface area contributed by atoms with Gasteiger partial charge in [-0.05, 0) is 30.9 Å². The highest BCUT2D eigenvalue weighted by Gasteiger charge is 2.27. The number of rotatable bonds is 3. The molecule has 0 saturated heterocycles. The number of aromatic nitrogens is 3. The molecule has 0 amide bonds. The molecule has 3 nitrogen and oxygen atoms in total. The summed E-state index contributed by atoms with van der Waals surface area (Å²) in [7, 11) is 1.97. The van der Waals surface area contributed by atoms with E-state index in [0.717, 1.165) is 9.34 Å². The first kappa shape index (κ1) is 11.0. The average molecular weight is 266 g/mol. The molecule has 3 rings (SSSR count). The summed E-state index contributed by atoms with van der Waals surface area (Å²) in [4.78, 5) is 4.21. The Morgan fingerprint density at radius 3 is 2.88 bits per heavy atom. The summed E-state index contributed by atoms with van der Waals surface area (Å²) >= 11 is 7.33. The van der Waals surface area contributed by atoms with Crippen LogP contribution in [0.15, 0.2) is 12.4 Å². The van der Waals surface area contributed by atoms with E-state index in [2.05, 4.69) is 16.2 Å². The Balaban J connectivity index is 1.89. The number of halogens is 1. The molecule has 0 aliphatic heterocycles. The van der Waals surface area contributed by atoms with Crippen molar-refractivity contribution >= 4 is 35.1 Å². The van der Waals surface area contributed by atoms with Gasteiger partial charge in [0.15, 0.2) is 0 Å². The quantitative estimate of drug-likeness (QED) is 0.849. The van der Waals surface area contributed by atoms with E-state index in [-0.39, 0.29) is 0 Å². The molecule has 0 radical (unpaired) electrons. The monoisotopic (exact) mass is 265 g/mol. The molecule has 0 bridgehead atoms. The van der Waals surface area contributed by atoms with Gasteiger partial charge in [-0.25, -0.2) is 4.98 Å². The van der Waals surface area contributed by atoms with Crippen LogP contribution in [0.2, 0.25) is 4.34 Å². The van der Waals surface area contributed by atoms with E-state index < -0.39 is 0 Å². The highest BCUT2D eigenvalue weighted by Crippen LogP contribution is 2.41. The molecule has 0 spiro atoms. The number of nitrogens with zero attached hydrogens (tertiary/aromatic N) is 3. The van der Waals surface area contributed by atoms with Gasteiger partial charge in [0.05, 0.1) is 18.1 Å². The van der Waals surface area contributed by atoms with Gasteiger partial charge >= 0.3 is 0 Å². The largest absolute Gasteiger partial charge is 0.268 e. The van der Waals surface area contributed by atoms with E-state index >= 15 is 0 Å². The molecule has 88 valence electrons. The summed E-state index contributed by atoms with van der Waals surface area (Å²) in [5.74, 6) is 0.711. The zero-order chi connectivity index (χ0) is 11.8. The maximum atomic E-state index is 5.85. The van der Waals surface area contributed by atoms with Gasteiger partial charge < -0.3 is 0 Å². The van der Waals surface area contributed by atoms with Gasteiger partial charge in [0, 0.05) is 12.6 Å². The Kier molecular flexibility index (Phi) is 2.76. The van der Waals surface area contributed by atoms with Gasteiger partial charge in [0.2, 0.25) is 0 Å². The predicted molar refractivity (Wildman–Crippen MR) is 71.2 cm³/mol. The van der Waals surface area contributed by atoms with Crippen molar-refractivity contribution in [3.05, 3.63) is 33.0 Å². The van der Waals surface area contributed by atoms with Crippen molar-refractivity contribution in [1.82, 2.24) is 14.8 Å². The topological polar surface area (TPSA) is 30.7 Å². The highest BCUT2D eigenvalue weighted by atomic mass is 35.5. The van der Waals surface area contributed by atoms with Crippen LogP contribution in [0.5, 0.6) is 0 Å². The first-order valence-electron chi connectivity index (χ1n) is 5.55. The Labute approximate surface area is 109 Å². The van der Waals surface area contributed by atoms with Gasteiger partial charge in [0.1, 0.15) is 9.34 Å². The van der Waals surface area contributed by atoms with E-state index in [1.807, 2.05) is 24.0 Å². The van der Waals surface area contributed by atoms with Crippen LogP contribution in [0.4, 0.5) is 0 Å². The van der Waals surface area contributed by atoms with E-state index in [0.29, 0.717) is 5.92 Å². The van der Waals surface area contributed by atoms with Crippen molar-refractivity contribution in [3.63, 3.8) is 0 Å². The van der Waals surface area contributed by atoms with Gasteiger partial charge in [0.25, 0.3) is 0 Å². The third-order valence-electron chi connectivity index (χ3n) is 2.91. The van der Waals surface area contributed by atoms with Crippen molar-refractivity contribution in [1.29, 1.82) is 0 Å². The van der Waals surface area contributed by atoms with Gasteiger partial charge in [-0.2, -0.15) is 5.10 Å². The molecule has 0 N–H and O–H groups in total. The van der Waals surface area contributed by atoms with Gasteiger partial charge in [-0.15, -0.1) is 11.3 Å². The smallest absolute Gasteiger partial charge is 0.117 e. The van der Waals surface area contributed by atoms with Crippen molar-refractivity contribution in [3.8, 4) is 0 Å². The second-order valence-electron chi connectivity index (χ2n) is 4.22. The second kappa shape index (κ2) is 4.27. The van der Waals surface area contributed by atoms with E-state index in [1.165, 1.54) is 35.4 Å². The minimum absolute atomic E-state index is 0.711. The SMILES string of the molecule is Cn1ncc(C2CC2)c1C=Cc1ncc(Cl)s1. The zero-order valence-corrected chi connectivity index (χ0v) is 11.0. The lowest BCUT2D eigenvalue weighted by Gasteiger charge is -1.98.